The summed E-state index contributed by atoms with van der Waals surface area (Å²) in [6.07, 6.45) is -6.11. The molecule has 1 rings (SSSR count). The number of carboxylic acid groups (broad SMARTS) is 2. The Morgan fingerprint density at radius 1 is 1.33 bits per heavy atom. The van der Waals surface area contributed by atoms with E-state index < -0.39 is 55.3 Å². The van der Waals surface area contributed by atoms with Crippen molar-refractivity contribution in [2.24, 2.45) is 5.73 Å². The summed E-state index contributed by atoms with van der Waals surface area (Å²) in [5.41, 5.74) is 5.54. The predicted molar refractivity (Wildman–Crippen MR) is 67.2 cm³/mol. The minimum atomic E-state index is -1.43. The molecule has 21 heavy (non-hydrogen) atoms. The highest BCUT2D eigenvalue weighted by Gasteiger charge is 2.44. The largest absolute Gasteiger partial charge is 0.481 e. The van der Waals surface area contributed by atoms with Crippen molar-refractivity contribution in [1.29, 1.82) is 0 Å². The first-order valence-electron chi connectivity index (χ1n) is 6.07. The van der Waals surface area contributed by atoms with E-state index in [0.29, 0.717) is 0 Å². The van der Waals surface area contributed by atoms with Gasteiger partial charge in [0, 0.05) is 6.92 Å². The van der Waals surface area contributed by atoms with E-state index in [4.69, 9.17) is 35.3 Å². The number of hydrogen-bond donors (Lipinski definition) is 6. The molecule has 10 nitrogen and oxygen atoms in total. The Labute approximate surface area is 120 Å². The lowest BCUT2D eigenvalue weighted by Crippen LogP contribution is -2.63. The molecule has 0 radical (unpaired) electrons. The average Bonchev–Trinajstić information content (AvgIpc) is 2.37. The van der Waals surface area contributed by atoms with Crippen LogP contribution in [0.25, 0.3) is 0 Å². The van der Waals surface area contributed by atoms with Gasteiger partial charge in [-0.3, -0.25) is 4.79 Å². The molecule has 0 saturated carbocycles. The first-order chi connectivity index (χ1) is 9.61. The summed E-state index contributed by atoms with van der Waals surface area (Å²) in [6, 6.07) is -1.09. The fourth-order valence-electron chi connectivity index (χ4n) is 1.57. The number of carbonyl (C=O) groups is 2. The van der Waals surface area contributed by atoms with Crippen molar-refractivity contribution in [2.45, 2.75) is 50.6 Å². The number of ether oxygens (including phenoxy) is 2. The van der Waals surface area contributed by atoms with Crippen LogP contribution in [0.4, 0.5) is 0 Å². The summed E-state index contributed by atoms with van der Waals surface area (Å²) in [6.45, 7) is 1.82. The van der Waals surface area contributed by atoms with E-state index in [1.54, 1.807) is 0 Å². The smallest absolute Gasteiger partial charge is 0.332 e. The molecule has 0 spiro atoms. The van der Waals surface area contributed by atoms with Crippen LogP contribution in [0.2, 0.25) is 0 Å². The fourth-order valence-corrected chi connectivity index (χ4v) is 1.57. The highest BCUT2D eigenvalue weighted by Crippen LogP contribution is 2.22. The van der Waals surface area contributed by atoms with Crippen molar-refractivity contribution >= 4 is 11.9 Å². The third-order valence-electron chi connectivity index (χ3n) is 2.63. The van der Waals surface area contributed by atoms with Crippen molar-refractivity contribution in [1.82, 2.24) is 0 Å². The van der Waals surface area contributed by atoms with E-state index in [2.05, 4.69) is 0 Å². The van der Waals surface area contributed by atoms with Crippen LogP contribution in [0.15, 0.2) is 0 Å². The van der Waals surface area contributed by atoms with E-state index in [-0.39, 0.29) is 0 Å². The van der Waals surface area contributed by atoms with Crippen molar-refractivity contribution in [3.63, 3.8) is 0 Å². The lowest BCUT2D eigenvalue weighted by Gasteiger charge is -2.41. The standard InChI is InChI=1S/C9H17NO7.C2H4O2/c1-3(8(13)14)16-7-5(10)9(15)17-4(2-11)6(7)12;1-2(3)4/h3-7,9,11-12,15H,2,10H2,1H3,(H,13,14);1H3,(H,3,4)/t3?,4-,5-,6-,7-,9?;/m1./s1. The van der Waals surface area contributed by atoms with Crippen LogP contribution in [0.1, 0.15) is 13.8 Å². The van der Waals surface area contributed by atoms with Crippen LogP contribution in [0.3, 0.4) is 0 Å². The second-order valence-corrected chi connectivity index (χ2v) is 4.42. The lowest BCUT2D eigenvalue weighted by molar-refractivity contribution is -0.262. The van der Waals surface area contributed by atoms with Crippen molar-refractivity contribution in [2.75, 3.05) is 6.61 Å². The number of carboxylic acids is 2. The summed E-state index contributed by atoms with van der Waals surface area (Å²) in [5, 5.41) is 44.2. The molecule has 124 valence electrons. The number of aliphatic hydroxyl groups is 3. The molecule has 1 aliphatic rings. The monoisotopic (exact) mass is 311 g/mol. The van der Waals surface area contributed by atoms with Crippen LogP contribution in [0, 0.1) is 0 Å². The third kappa shape index (κ3) is 6.33. The zero-order valence-electron chi connectivity index (χ0n) is 11.6. The third-order valence-corrected chi connectivity index (χ3v) is 2.63. The second kappa shape index (κ2) is 8.87. The van der Waals surface area contributed by atoms with Gasteiger partial charge in [-0.1, -0.05) is 0 Å². The number of hydrogen-bond acceptors (Lipinski definition) is 8. The van der Waals surface area contributed by atoms with Crippen LogP contribution in [-0.4, -0.2) is 80.8 Å². The summed E-state index contributed by atoms with van der Waals surface area (Å²) < 4.78 is 9.89. The Morgan fingerprint density at radius 2 is 1.81 bits per heavy atom. The van der Waals surface area contributed by atoms with Crippen molar-refractivity contribution < 1.29 is 44.6 Å². The summed E-state index contributed by atoms with van der Waals surface area (Å²) in [4.78, 5) is 19.6. The maximum absolute atomic E-state index is 10.6. The first kappa shape index (κ1) is 19.7. The second-order valence-electron chi connectivity index (χ2n) is 4.42. The van der Waals surface area contributed by atoms with E-state index in [1.807, 2.05) is 0 Å². The van der Waals surface area contributed by atoms with Gasteiger partial charge in [-0.05, 0) is 6.92 Å². The highest BCUT2D eigenvalue weighted by molar-refractivity contribution is 5.71. The Hall–Kier alpha value is -1.30. The lowest BCUT2D eigenvalue weighted by atomic mass is 9.97. The van der Waals surface area contributed by atoms with Gasteiger partial charge in [-0.15, -0.1) is 0 Å². The zero-order valence-corrected chi connectivity index (χ0v) is 11.6. The molecular weight excluding hydrogens is 290 g/mol. The predicted octanol–water partition coefficient (Wildman–Crippen LogP) is -2.67. The SMILES string of the molecule is CC(=O)O.CC(O[C@H]1[C@H](O)[C@@H](CO)OC(O)[C@@H]1N)C(=O)O. The maximum atomic E-state index is 10.6. The number of rotatable bonds is 4. The molecule has 0 aromatic heterocycles. The van der Waals surface area contributed by atoms with Gasteiger partial charge in [-0.25, -0.2) is 4.79 Å². The summed E-state index contributed by atoms with van der Waals surface area (Å²) >= 11 is 0. The van der Waals surface area contributed by atoms with Gasteiger partial charge >= 0.3 is 5.97 Å². The van der Waals surface area contributed by atoms with Crippen LogP contribution < -0.4 is 5.73 Å². The summed E-state index contributed by atoms with van der Waals surface area (Å²) in [7, 11) is 0. The van der Waals surface area contributed by atoms with E-state index in [1.165, 1.54) is 6.92 Å². The minimum absolute atomic E-state index is 0.535. The van der Waals surface area contributed by atoms with E-state index >= 15 is 0 Å². The van der Waals surface area contributed by atoms with E-state index in [9.17, 15) is 15.0 Å². The van der Waals surface area contributed by atoms with Crippen molar-refractivity contribution in [3.05, 3.63) is 0 Å². The molecule has 0 aromatic rings. The quantitative estimate of drug-likeness (QED) is 0.320. The molecule has 1 fully saturated rings. The van der Waals surface area contributed by atoms with Crippen LogP contribution in [-0.2, 0) is 19.1 Å². The fraction of sp³-hybridized carbons (Fsp3) is 0.818. The van der Waals surface area contributed by atoms with Gasteiger partial charge in [0.1, 0.15) is 18.3 Å². The van der Waals surface area contributed by atoms with Gasteiger partial charge in [0.2, 0.25) is 0 Å². The van der Waals surface area contributed by atoms with Crippen molar-refractivity contribution in [3.8, 4) is 0 Å². The molecule has 2 unspecified atom stereocenters. The highest BCUT2D eigenvalue weighted by atomic mass is 16.6. The Kier molecular flexibility index (Phi) is 8.32. The normalized spacial score (nSPS) is 33.5. The zero-order chi connectivity index (χ0) is 16.7. The number of aliphatic hydroxyl groups excluding tert-OH is 3. The van der Waals surface area contributed by atoms with Gasteiger partial charge < -0.3 is 40.7 Å². The molecule has 1 saturated heterocycles. The van der Waals surface area contributed by atoms with Gasteiger partial charge in [0.05, 0.1) is 12.6 Å². The molecule has 0 amide bonds. The minimum Gasteiger partial charge on any atom is -0.481 e. The molecule has 0 bridgehead atoms. The average molecular weight is 311 g/mol. The number of nitrogens with two attached hydrogens (primary N) is 1. The van der Waals surface area contributed by atoms with E-state index in [0.717, 1.165) is 6.92 Å². The van der Waals surface area contributed by atoms with Crippen LogP contribution >= 0.6 is 0 Å². The number of aliphatic carboxylic acids is 2. The maximum Gasteiger partial charge on any atom is 0.332 e. The van der Waals surface area contributed by atoms with Gasteiger partial charge in [0.25, 0.3) is 5.97 Å². The molecule has 10 heteroatoms. The molecule has 1 aliphatic heterocycles. The molecule has 0 aliphatic carbocycles. The first-order valence-corrected chi connectivity index (χ1v) is 6.07. The van der Waals surface area contributed by atoms with Gasteiger partial charge in [0.15, 0.2) is 12.4 Å². The molecule has 0 aromatic carbocycles. The Bertz CT molecular complexity index is 347. The topological polar surface area (TPSA) is 180 Å². The van der Waals surface area contributed by atoms with Gasteiger partial charge in [-0.2, -0.15) is 0 Å². The molecule has 7 N–H and O–H groups in total. The molecular formula is C11H21NO9. The molecule has 1 heterocycles. The Morgan fingerprint density at radius 3 is 2.19 bits per heavy atom. The van der Waals surface area contributed by atoms with Crippen LogP contribution in [0.5, 0.6) is 0 Å². The Balaban J connectivity index is 0.000000885. The summed E-state index contributed by atoms with van der Waals surface area (Å²) in [5.74, 6) is -2.05. The molecule has 6 atom stereocenters.